The van der Waals surface area contributed by atoms with Gasteiger partial charge in [-0.25, -0.2) is 4.39 Å². The molecule has 1 atom stereocenters. The van der Waals surface area contributed by atoms with Gasteiger partial charge in [0, 0.05) is 19.1 Å². The molecule has 0 spiro atoms. The summed E-state index contributed by atoms with van der Waals surface area (Å²) in [4.78, 5) is 13.9. The molecule has 0 saturated carbocycles. The number of carbonyl (C=O) groups is 1. The number of ether oxygens (including phenoxy) is 1. The standard InChI is InChI=1S/C13H17FN2O2.ClH/c1-18-11-6-2-5-10(14)12(11)13(17)16-7-3-4-9(15)8-16;/h2,5-6,9H,3-4,7-8,15H2,1H3;1H. The number of piperidine rings is 1. The summed E-state index contributed by atoms with van der Waals surface area (Å²) in [6, 6.07) is 4.34. The molecule has 6 heteroatoms. The molecule has 106 valence electrons. The van der Waals surface area contributed by atoms with Gasteiger partial charge in [-0.3, -0.25) is 4.79 Å². The smallest absolute Gasteiger partial charge is 0.260 e. The van der Waals surface area contributed by atoms with Crippen molar-refractivity contribution in [3.05, 3.63) is 29.6 Å². The summed E-state index contributed by atoms with van der Waals surface area (Å²) in [5.41, 5.74) is 5.83. The number of likely N-dealkylation sites (tertiary alicyclic amines) is 1. The maximum absolute atomic E-state index is 13.8. The number of benzene rings is 1. The number of rotatable bonds is 2. The van der Waals surface area contributed by atoms with E-state index >= 15 is 0 Å². The number of nitrogens with two attached hydrogens (primary N) is 1. The highest BCUT2D eigenvalue weighted by Crippen LogP contribution is 2.24. The summed E-state index contributed by atoms with van der Waals surface area (Å²) in [6.07, 6.45) is 1.75. The molecule has 2 rings (SSSR count). The number of carbonyl (C=O) groups excluding carboxylic acids is 1. The van der Waals surface area contributed by atoms with Crippen molar-refractivity contribution in [2.45, 2.75) is 18.9 Å². The van der Waals surface area contributed by atoms with Gasteiger partial charge >= 0.3 is 0 Å². The maximum Gasteiger partial charge on any atom is 0.260 e. The van der Waals surface area contributed by atoms with E-state index in [1.807, 2.05) is 0 Å². The summed E-state index contributed by atoms with van der Waals surface area (Å²) >= 11 is 0. The van der Waals surface area contributed by atoms with Crippen LogP contribution in [0.5, 0.6) is 5.75 Å². The first-order chi connectivity index (χ1) is 8.63. The summed E-state index contributed by atoms with van der Waals surface area (Å²) in [7, 11) is 1.42. The largest absolute Gasteiger partial charge is 0.496 e. The molecule has 4 nitrogen and oxygen atoms in total. The molecule has 2 N–H and O–H groups in total. The molecule has 1 aliphatic rings. The van der Waals surface area contributed by atoms with Crippen LogP contribution in [0, 0.1) is 5.82 Å². The van der Waals surface area contributed by atoms with E-state index in [1.54, 1.807) is 11.0 Å². The van der Waals surface area contributed by atoms with Crippen LogP contribution in [0.4, 0.5) is 4.39 Å². The Morgan fingerprint density at radius 2 is 2.26 bits per heavy atom. The van der Waals surface area contributed by atoms with Crippen LogP contribution in [-0.2, 0) is 0 Å². The third kappa shape index (κ3) is 3.36. The molecule has 0 aliphatic carbocycles. The van der Waals surface area contributed by atoms with Crippen molar-refractivity contribution < 1.29 is 13.9 Å². The first-order valence-electron chi connectivity index (χ1n) is 6.01. The third-order valence-corrected chi connectivity index (χ3v) is 3.15. The molecule has 0 aromatic heterocycles. The minimum absolute atomic E-state index is 0. The van der Waals surface area contributed by atoms with E-state index in [0.717, 1.165) is 12.8 Å². The Morgan fingerprint density at radius 1 is 1.53 bits per heavy atom. The van der Waals surface area contributed by atoms with Crippen LogP contribution in [-0.4, -0.2) is 37.0 Å². The zero-order valence-corrected chi connectivity index (χ0v) is 11.6. The second kappa shape index (κ2) is 6.73. The van der Waals surface area contributed by atoms with Crippen LogP contribution in [0.2, 0.25) is 0 Å². The molecule has 1 aromatic rings. The van der Waals surface area contributed by atoms with Gasteiger partial charge in [-0.15, -0.1) is 12.4 Å². The fraction of sp³-hybridized carbons (Fsp3) is 0.462. The van der Waals surface area contributed by atoms with Gasteiger partial charge in [0.1, 0.15) is 17.1 Å². The lowest BCUT2D eigenvalue weighted by atomic mass is 10.0. The number of hydrogen-bond donors (Lipinski definition) is 1. The second-order valence-corrected chi connectivity index (χ2v) is 4.47. The van der Waals surface area contributed by atoms with Crippen molar-refractivity contribution in [2.75, 3.05) is 20.2 Å². The highest BCUT2D eigenvalue weighted by atomic mass is 35.5. The zero-order chi connectivity index (χ0) is 13.1. The predicted molar refractivity (Wildman–Crippen MR) is 73.3 cm³/mol. The topological polar surface area (TPSA) is 55.6 Å². The van der Waals surface area contributed by atoms with E-state index in [2.05, 4.69) is 0 Å². The Kier molecular flexibility index (Phi) is 5.57. The molecular formula is C13H18ClFN2O2. The van der Waals surface area contributed by atoms with Gasteiger partial charge < -0.3 is 15.4 Å². The van der Waals surface area contributed by atoms with E-state index in [9.17, 15) is 9.18 Å². The highest BCUT2D eigenvalue weighted by Gasteiger charge is 2.26. The molecule has 1 aromatic carbocycles. The van der Waals surface area contributed by atoms with Crippen molar-refractivity contribution >= 4 is 18.3 Å². The molecule has 1 unspecified atom stereocenters. The molecule has 1 saturated heterocycles. The SMILES string of the molecule is COc1cccc(F)c1C(=O)N1CCCC(N)C1.Cl. The number of amides is 1. The molecule has 1 amide bonds. The molecule has 0 bridgehead atoms. The molecular weight excluding hydrogens is 271 g/mol. The molecule has 1 aliphatic heterocycles. The van der Waals surface area contributed by atoms with Crippen LogP contribution < -0.4 is 10.5 Å². The van der Waals surface area contributed by atoms with Gasteiger partial charge in [0.2, 0.25) is 0 Å². The molecule has 19 heavy (non-hydrogen) atoms. The fourth-order valence-electron chi connectivity index (χ4n) is 2.23. The Balaban J connectivity index is 0.00000180. The monoisotopic (exact) mass is 288 g/mol. The average Bonchev–Trinajstić information content (AvgIpc) is 2.37. The first-order valence-corrected chi connectivity index (χ1v) is 6.01. The van der Waals surface area contributed by atoms with E-state index in [-0.39, 0.29) is 35.7 Å². The van der Waals surface area contributed by atoms with Gasteiger partial charge in [-0.2, -0.15) is 0 Å². The van der Waals surface area contributed by atoms with Crippen LogP contribution in [0.3, 0.4) is 0 Å². The minimum Gasteiger partial charge on any atom is -0.496 e. The van der Waals surface area contributed by atoms with Crippen LogP contribution in [0.1, 0.15) is 23.2 Å². The number of methoxy groups -OCH3 is 1. The average molecular weight is 289 g/mol. The zero-order valence-electron chi connectivity index (χ0n) is 10.8. The number of halogens is 2. The summed E-state index contributed by atoms with van der Waals surface area (Å²) in [5, 5.41) is 0. The van der Waals surface area contributed by atoms with E-state index in [0.29, 0.717) is 13.1 Å². The van der Waals surface area contributed by atoms with Crippen LogP contribution >= 0.6 is 12.4 Å². The highest BCUT2D eigenvalue weighted by molar-refractivity contribution is 5.97. The summed E-state index contributed by atoms with van der Waals surface area (Å²) < 4.78 is 18.8. The Bertz CT molecular complexity index is 456. The third-order valence-electron chi connectivity index (χ3n) is 3.15. The molecule has 1 heterocycles. The molecule has 0 radical (unpaired) electrons. The van der Waals surface area contributed by atoms with Gasteiger partial charge in [-0.1, -0.05) is 6.07 Å². The number of nitrogens with zero attached hydrogens (tertiary/aromatic N) is 1. The maximum atomic E-state index is 13.8. The van der Waals surface area contributed by atoms with Gasteiger partial charge in [0.05, 0.1) is 7.11 Å². The predicted octanol–water partition coefficient (Wildman–Crippen LogP) is 1.82. The van der Waals surface area contributed by atoms with Crippen molar-refractivity contribution in [3.8, 4) is 5.75 Å². The fourth-order valence-corrected chi connectivity index (χ4v) is 2.23. The van der Waals surface area contributed by atoms with Gasteiger partial charge in [-0.05, 0) is 25.0 Å². The van der Waals surface area contributed by atoms with Gasteiger partial charge in [0.15, 0.2) is 0 Å². The second-order valence-electron chi connectivity index (χ2n) is 4.47. The Labute approximate surface area is 118 Å². The lowest BCUT2D eigenvalue weighted by molar-refractivity contribution is 0.0700. The van der Waals surface area contributed by atoms with E-state index in [1.165, 1.54) is 19.2 Å². The van der Waals surface area contributed by atoms with Crippen LogP contribution in [0.15, 0.2) is 18.2 Å². The molecule has 1 fully saturated rings. The van der Waals surface area contributed by atoms with E-state index < -0.39 is 5.82 Å². The Morgan fingerprint density at radius 3 is 2.89 bits per heavy atom. The van der Waals surface area contributed by atoms with Crippen molar-refractivity contribution in [1.29, 1.82) is 0 Å². The summed E-state index contributed by atoms with van der Waals surface area (Å²) in [5.74, 6) is -0.641. The van der Waals surface area contributed by atoms with Crippen molar-refractivity contribution in [3.63, 3.8) is 0 Å². The quantitative estimate of drug-likeness (QED) is 0.903. The van der Waals surface area contributed by atoms with E-state index in [4.69, 9.17) is 10.5 Å². The summed E-state index contributed by atoms with van der Waals surface area (Å²) in [6.45, 7) is 1.08. The van der Waals surface area contributed by atoms with Gasteiger partial charge in [0.25, 0.3) is 5.91 Å². The number of hydrogen-bond acceptors (Lipinski definition) is 3. The van der Waals surface area contributed by atoms with Crippen molar-refractivity contribution in [2.24, 2.45) is 5.73 Å². The van der Waals surface area contributed by atoms with Crippen molar-refractivity contribution in [1.82, 2.24) is 4.90 Å². The minimum atomic E-state index is -0.557. The lowest BCUT2D eigenvalue weighted by Gasteiger charge is -2.31. The Hall–Kier alpha value is -1.33. The first kappa shape index (κ1) is 15.7. The lowest BCUT2D eigenvalue weighted by Crippen LogP contribution is -2.46. The normalized spacial score (nSPS) is 18.7. The van der Waals surface area contributed by atoms with Crippen LogP contribution in [0.25, 0.3) is 0 Å².